The minimum atomic E-state index is -0.0777. The van der Waals surface area contributed by atoms with E-state index in [1.54, 1.807) is 6.33 Å². The summed E-state index contributed by atoms with van der Waals surface area (Å²) in [5.41, 5.74) is 1.69. The van der Waals surface area contributed by atoms with Crippen LogP contribution in [0.5, 0.6) is 0 Å². The van der Waals surface area contributed by atoms with Gasteiger partial charge in [-0.2, -0.15) is 0 Å². The minimum absolute atomic E-state index is 0.0322. The van der Waals surface area contributed by atoms with Gasteiger partial charge in [-0.3, -0.25) is 9.36 Å². The Balaban J connectivity index is 1.71. The van der Waals surface area contributed by atoms with E-state index in [1.165, 1.54) is 0 Å². The lowest BCUT2D eigenvalue weighted by Crippen LogP contribution is -2.39. The van der Waals surface area contributed by atoms with Crippen molar-refractivity contribution in [2.45, 2.75) is 25.3 Å². The molecule has 0 radical (unpaired) electrons. The zero-order valence-electron chi connectivity index (χ0n) is 14.3. The van der Waals surface area contributed by atoms with Crippen molar-refractivity contribution in [3.8, 4) is 5.69 Å². The van der Waals surface area contributed by atoms with E-state index < -0.39 is 0 Å². The zero-order valence-corrected chi connectivity index (χ0v) is 15.8. The van der Waals surface area contributed by atoms with Gasteiger partial charge >= 0.3 is 0 Å². The first-order valence-electron chi connectivity index (χ1n) is 8.76. The summed E-state index contributed by atoms with van der Waals surface area (Å²) in [6.07, 6.45) is 4.69. The molecule has 0 bridgehead atoms. The van der Waals surface area contributed by atoms with Gasteiger partial charge in [-0.25, -0.2) is 0 Å². The van der Waals surface area contributed by atoms with E-state index in [1.807, 2.05) is 64.1 Å². The number of amides is 1. The van der Waals surface area contributed by atoms with Gasteiger partial charge in [0.1, 0.15) is 6.33 Å². The van der Waals surface area contributed by atoms with Crippen molar-refractivity contribution < 1.29 is 4.79 Å². The Kier molecular flexibility index (Phi) is 4.84. The monoisotopic (exact) mass is 410 g/mol. The molecule has 1 atom stereocenters. The Morgan fingerprint density at radius 3 is 2.62 bits per heavy atom. The number of aromatic nitrogens is 3. The molecule has 1 aliphatic rings. The van der Waals surface area contributed by atoms with Crippen molar-refractivity contribution in [2.24, 2.45) is 0 Å². The SMILES string of the molecule is O=C(c1ccccc1Br)N1CCCCC1c1nncn1-c1ccccc1. The standard InChI is InChI=1S/C20H19BrN4O/c21-17-11-5-4-10-16(17)20(26)24-13-7-6-12-18(24)19-23-22-14-25(19)15-8-2-1-3-9-15/h1-5,8-11,14,18H,6-7,12-13H2. The van der Waals surface area contributed by atoms with Crippen molar-refractivity contribution in [2.75, 3.05) is 6.54 Å². The van der Waals surface area contributed by atoms with Gasteiger partial charge in [0.25, 0.3) is 5.91 Å². The molecular weight excluding hydrogens is 392 g/mol. The summed E-state index contributed by atoms with van der Waals surface area (Å²) < 4.78 is 2.80. The summed E-state index contributed by atoms with van der Waals surface area (Å²) >= 11 is 3.50. The maximum Gasteiger partial charge on any atom is 0.255 e. The Hall–Kier alpha value is -2.47. The molecule has 1 aromatic heterocycles. The largest absolute Gasteiger partial charge is 0.328 e. The summed E-state index contributed by atoms with van der Waals surface area (Å²) in [6, 6.07) is 17.5. The highest BCUT2D eigenvalue weighted by molar-refractivity contribution is 9.10. The fraction of sp³-hybridized carbons (Fsp3) is 0.250. The third-order valence-electron chi connectivity index (χ3n) is 4.77. The number of carbonyl (C=O) groups excluding carboxylic acids is 1. The first-order chi connectivity index (χ1) is 12.8. The van der Waals surface area contributed by atoms with Gasteiger partial charge in [0, 0.05) is 16.7 Å². The van der Waals surface area contributed by atoms with Gasteiger partial charge < -0.3 is 4.90 Å². The Bertz CT molecular complexity index is 909. The van der Waals surface area contributed by atoms with Crippen molar-refractivity contribution in [3.63, 3.8) is 0 Å². The maximum absolute atomic E-state index is 13.2. The number of rotatable bonds is 3. The van der Waals surface area contributed by atoms with Gasteiger partial charge in [-0.1, -0.05) is 30.3 Å². The topological polar surface area (TPSA) is 51.0 Å². The molecule has 2 heterocycles. The second-order valence-electron chi connectivity index (χ2n) is 6.38. The van der Waals surface area contributed by atoms with E-state index >= 15 is 0 Å². The molecule has 4 rings (SSSR count). The highest BCUT2D eigenvalue weighted by atomic mass is 79.9. The van der Waals surface area contributed by atoms with Crippen LogP contribution in [-0.4, -0.2) is 32.1 Å². The summed E-state index contributed by atoms with van der Waals surface area (Å²) in [5.74, 6) is 0.848. The fourth-order valence-electron chi connectivity index (χ4n) is 3.49. The number of benzene rings is 2. The molecule has 26 heavy (non-hydrogen) atoms. The molecule has 5 nitrogen and oxygen atoms in total. The molecule has 3 aromatic rings. The number of hydrogen-bond donors (Lipinski definition) is 0. The number of para-hydroxylation sites is 1. The molecule has 1 amide bonds. The molecule has 0 aliphatic carbocycles. The maximum atomic E-state index is 13.2. The summed E-state index contributed by atoms with van der Waals surface area (Å²) in [6.45, 7) is 0.729. The van der Waals surface area contributed by atoms with Crippen LogP contribution in [-0.2, 0) is 0 Å². The predicted molar refractivity (Wildman–Crippen MR) is 103 cm³/mol. The van der Waals surface area contributed by atoms with Crippen LogP contribution in [0.4, 0.5) is 0 Å². The average molecular weight is 411 g/mol. The van der Waals surface area contributed by atoms with Crippen LogP contribution in [0.3, 0.4) is 0 Å². The molecular formula is C20H19BrN4O. The minimum Gasteiger partial charge on any atom is -0.328 e. The van der Waals surface area contributed by atoms with Gasteiger partial charge in [-0.15, -0.1) is 10.2 Å². The van der Waals surface area contributed by atoms with Gasteiger partial charge in [0.05, 0.1) is 11.6 Å². The number of nitrogens with zero attached hydrogens (tertiary/aromatic N) is 4. The van der Waals surface area contributed by atoms with Crippen LogP contribution in [0.2, 0.25) is 0 Å². The highest BCUT2D eigenvalue weighted by Crippen LogP contribution is 2.33. The van der Waals surface area contributed by atoms with Crippen molar-refractivity contribution >= 4 is 21.8 Å². The summed E-state index contributed by atoms with van der Waals surface area (Å²) in [7, 11) is 0. The molecule has 6 heteroatoms. The molecule has 0 spiro atoms. The van der Waals surface area contributed by atoms with Crippen molar-refractivity contribution in [3.05, 3.63) is 76.8 Å². The predicted octanol–water partition coefficient (Wildman–Crippen LogP) is 4.40. The number of halogens is 1. The highest BCUT2D eigenvalue weighted by Gasteiger charge is 2.32. The second-order valence-corrected chi connectivity index (χ2v) is 7.24. The third kappa shape index (κ3) is 3.17. The quantitative estimate of drug-likeness (QED) is 0.642. The Labute approximate surface area is 160 Å². The van der Waals surface area contributed by atoms with E-state index in [-0.39, 0.29) is 11.9 Å². The lowest BCUT2D eigenvalue weighted by atomic mass is 10.00. The number of hydrogen-bond acceptors (Lipinski definition) is 3. The van der Waals surface area contributed by atoms with Crippen LogP contribution in [0.15, 0.2) is 65.4 Å². The number of carbonyl (C=O) groups is 1. The smallest absolute Gasteiger partial charge is 0.255 e. The third-order valence-corrected chi connectivity index (χ3v) is 5.47. The number of piperidine rings is 1. The average Bonchev–Trinajstić information content (AvgIpc) is 3.18. The Morgan fingerprint density at radius 2 is 1.81 bits per heavy atom. The second kappa shape index (κ2) is 7.41. The lowest BCUT2D eigenvalue weighted by Gasteiger charge is -2.35. The molecule has 132 valence electrons. The van der Waals surface area contributed by atoms with E-state index in [9.17, 15) is 4.79 Å². The van der Waals surface area contributed by atoms with Crippen molar-refractivity contribution in [1.82, 2.24) is 19.7 Å². The molecule has 1 unspecified atom stereocenters. The Morgan fingerprint density at radius 1 is 1.04 bits per heavy atom. The van der Waals surface area contributed by atoms with E-state index in [0.717, 1.165) is 41.8 Å². The molecule has 1 saturated heterocycles. The zero-order chi connectivity index (χ0) is 17.9. The first-order valence-corrected chi connectivity index (χ1v) is 9.56. The molecule has 1 aliphatic heterocycles. The van der Waals surface area contributed by atoms with E-state index in [4.69, 9.17) is 0 Å². The molecule has 0 saturated carbocycles. The fourth-order valence-corrected chi connectivity index (χ4v) is 3.95. The van der Waals surface area contributed by atoms with Crippen LogP contribution in [0.25, 0.3) is 5.69 Å². The molecule has 0 N–H and O–H groups in total. The van der Waals surface area contributed by atoms with E-state index in [2.05, 4.69) is 26.1 Å². The van der Waals surface area contributed by atoms with E-state index in [0.29, 0.717) is 5.56 Å². The normalized spacial score (nSPS) is 17.3. The summed E-state index contributed by atoms with van der Waals surface area (Å²) in [4.78, 5) is 15.2. The van der Waals surface area contributed by atoms with Crippen LogP contribution >= 0.6 is 15.9 Å². The van der Waals surface area contributed by atoms with Crippen LogP contribution < -0.4 is 0 Å². The molecule has 2 aromatic carbocycles. The van der Waals surface area contributed by atoms with Gasteiger partial charge in [0.2, 0.25) is 0 Å². The molecule has 1 fully saturated rings. The lowest BCUT2D eigenvalue weighted by molar-refractivity contribution is 0.0596. The number of likely N-dealkylation sites (tertiary alicyclic amines) is 1. The van der Waals surface area contributed by atoms with Crippen LogP contribution in [0, 0.1) is 0 Å². The van der Waals surface area contributed by atoms with Crippen molar-refractivity contribution in [1.29, 1.82) is 0 Å². The van der Waals surface area contributed by atoms with Gasteiger partial charge in [0.15, 0.2) is 5.82 Å². The summed E-state index contributed by atoms with van der Waals surface area (Å²) in [5, 5.41) is 8.50. The first kappa shape index (κ1) is 17.0. The van der Waals surface area contributed by atoms with Crippen LogP contribution in [0.1, 0.15) is 41.5 Å². The van der Waals surface area contributed by atoms with Gasteiger partial charge in [-0.05, 0) is 59.5 Å².